The van der Waals surface area contributed by atoms with Crippen LogP contribution in [-0.2, 0) is 6.18 Å². The lowest BCUT2D eigenvalue weighted by atomic mass is 9.78. The van der Waals surface area contributed by atoms with Crippen LogP contribution in [0.3, 0.4) is 0 Å². The zero-order valence-electron chi connectivity index (χ0n) is 11.0. The summed E-state index contributed by atoms with van der Waals surface area (Å²) in [6.45, 7) is 4.29. The summed E-state index contributed by atoms with van der Waals surface area (Å²) < 4.78 is 37.7. The highest BCUT2D eigenvalue weighted by molar-refractivity contribution is 5.28. The third-order valence-electron chi connectivity index (χ3n) is 3.97. The summed E-state index contributed by atoms with van der Waals surface area (Å²) in [4.78, 5) is 7.43. The van der Waals surface area contributed by atoms with E-state index in [4.69, 9.17) is 0 Å². The minimum absolute atomic E-state index is 0.0702. The molecule has 0 aromatic carbocycles. The van der Waals surface area contributed by atoms with Gasteiger partial charge in [0.1, 0.15) is 5.69 Å². The van der Waals surface area contributed by atoms with Gasteiger partial charge in [-0.3, -0.25) is 0 Å². The highest BCUT2D eigenvalue weighted by Gasteiger charge is 2.33. The Morgan fingerprint density at radius 1 is 1.26 bits per heavy atom. The molecule has 1 aromatic rings. The van der Waals surface area contributed by atoms with Crippen molar-refractivity contribution in [3.8, 4) is 0 Å². The maximum absolute atomic E-state index is 12.6. The second kappa shape index (κ2) is 5.35. The molecule has 3 atom stereocenters. The maximum atomic E-state index is 12.6. The Labute approximate surface area is 110 Å². The Hall–Kier alpha value is -1.33. The molecule has 0 amide bonds. The Morgan fingerprint density at radius 3 is 2.68 bits per heavy atom. The first-order valence-electron chi connectivity index (χ1n) is 6.54. The number of anilines is 1. The van der Waals surface area contributed by atoms with Crippen LogP contribution in [0.5, 0.6) is 0 Å². The molecule has 3 unspecified atom stereocenters. The van der Waals surface area contributed by atoms with Gasteiger partial charge in [0.05, 0.1) is 0 Å². The molecule has 1 aliphatic carbocycles. The molecule has 0 aliphatic heterocycles. The molecule has 3 nitrogen and oxygen atoms in total. The number of alkyl halides is 3. The average Bonchev–Trinajstić information content (AvgIpc) is 2.34. The molecule has 1 N–H and O–H groups in total. The molecule has 1 aliphatic rings. The minimum atomic E-state index is -4.43. The van der Waals surface area contributed by atoms with E-state index in [1.165, 1.54) is 6.42 Å². The monoisotopic (exact) mass is 273 g/mol. The van der Waals surface area contributed by atoms with Gasteiger partial charge in [0, 0.05) is 12.2 Å². The van der Waals surface area contributed by atoms with Crippen LogP contribution in [0, 0.1) is 11.8 Å². The predicted octanol–water partition coefficient (Wildman–Crippen LogP) is 3.73. The zero-order chi connectivity index (χ0) is 14.0. The topological polar surface area (TPSA) is 37.8 Å². The van der Waals surface area contributed by atoms with Crippen LogP contribution in [0.15, 0.2) is 12.3 Å². The van der Waals surface area contributed by atoms with Gasteiger partial charge in [-0.25, -0.2) is 9.97 Å². The fourth-order valence-electron chi connectivity index (χ4n) is 2.54. The molecule has 0 radical (unpaired) electrons. The zero-order valence-corrected chi connectivity index (χ0v) is 11.0. The Morgan fingerprint density at radius 2 is 2.00 bits per heavy atom. The van der Waals surface area contributed by atoms with Crippen molar-refractivity contribution in [2.45, 2.75) is 45.3 Å². The minimum Gasteiger partial charge on any atom is -0.351 e. The molecule has 1 heterocycles. The van der Waals surface area contributed by atoms with Crippen LogP contribution in [0.1, 0.15) is 38.8 Å². The van der Waals surface area contributed by atoms with Gasteiger partial charge in [-0.2, -0.15) is 13.2 Å². The number of nitrogens with zero attached hydrogens (tertiary/aromatic N) is 2. The molecule has 0 spiro atoms. The van der Waals surface area contributed by atoms with Crippen molar-refractivity contribution in [3.63, 3.8) is 0 Å². The first kappa shape index (κ1) is 14.1. The van der Waals surface area contributed by atoms with Gasteiger partial charge < -0.3 is 5.32 Å². The van der Waals surface area contributed by atoms with E-state index in [9.17, 15) is 13.2 Å². The van der Waals surface area contributed by atoms with E-state index < -0.39 is 11.9 Å². The molecular formula is C13H18F3N3. The number of hydrogen-bond donors (Lipinski definition) is 1. The van der Waals surface area contributed by atoms with Crippen LogP contribution < -0.4 is 5.32 Å². The first-order valence-corrected chi connectivity index (χ1v) is 6.54. The summed E-state index contributed by atoms with van der Waals surface area (Å²) in [6.07, 6.45) is -0.0734. The van der Waals surface area contributed by atoms with Crippen molar-refractivity contribution in [1.82, 2.24) is 9.97 Å². The molecule has 0 saturated heterocycles. The van der Waals surface area contributed by atoms with Crippen LogP contribution in [0.4, 0.5) is 19.1 Å². The Bertz CT molecular complexity index is 433. The Balaban J connectivity index is 2.11. The standard InChI is InChI=1S/C13H18F3N3/c1-8-4-3-5-10(9(8)2)18-12-17-7-6-11(19-12)13(14,15)16/h6-10H,3-5H2,1-2H3,(H,17,18,19). The van der Waals surface area contributed by atoms with E-state index in [2.05, 4.69) is 29.1 Å². The van der Waals surface area contributed by atoms with Gasteiger partial charge in [-0.15, -0.1) is 0 Å². The van der Waals surface area contributed by atoms with Crippen molar-refractivity contribution in [3.05, 3.63) is 18.0 Å². The highest BCUT2D eigenvalue weighted by Crippen LogP contribution is 2.32. The molecule has 106 valence electrons. The van der Waals surface area contributed by atoms with Gasteiger partial charge in [0.2, 0.25) is 5.95 Å². The molecular weight excluding hydrogens is 255 g/mol. The number of rotatable bonds is 2. The maximum Gasteiger partial charge on any atom is 0.433 e. The Kier molecular flexibility index (Phi) is 3.96. The van der Waals surface area contributed by atoms with E-state index in [0.29, 0.717) is 11.8 Å². The second-order valence-corrected chi connectivity index (χ2v) is 5.28. The van der Waals surface area contributed by atoms with E-state index >= 15 is 0 Å². The fourth-order valence-corrected chi connectivity index (χ4v) is 2.54. The van der Waals surface area contributed by atoms with Gasteiger partial charge in [-0.1, -0.05) is 26.7 Å². The summed E-state index contributed by atoms with van der Waals surface area (Å²) in [5.41, 5.74) is -0.901. The number of halogens is 3. The fraction of sp³-hybridized carbons (Fsp3) is 0.692. The molecule has 6 heteroatoms. The number of aromatic nitrogens is 2. The van der Waals surface area contributed by atoms with Crippen molar-refractivity contribution < 1.29 is 13.2 Å². The van der Waals surface area contributed by atoms with E-state index in [-0.39, 0.29) is 12.0 Å². The van der Waals surface area contributed by atoms with Crippen molar-refractivity contribution in [2.24, 2.45) is 11.8 Å². The van der Waals surface area contributed by atoms with Gasteiger partial charge in [0.15, 0.2) is 0 Å². The molecule has 2 rings (SSSR count). The van der Waals surface area contributed by atoms with Crippen LogP contribution in [0.25, 0.3) is 0 Å². The number of hydrogen-bond acceptors (Lipinski definition) is 3. The SMILES string of the molecule is CC1CCCC(Nc2nccc(C(F)(F)F)n2)C1C. The normalized spacial score (nSPS) is 28.2. The summed E-state index contributed by atoms with van der Waals surface area (Å²) in [5, 5.41) is 3.05. The molecule has 0 bridgehead atoms. The summed E-state index contributed by atoms with van der Waals surface area (Å²) in [5.74, 6) is 1.05. The largest absolute Gasteiger partial charge is 0.433 e. The van der Waals surface area contributed by atoms with E-state index in [1.807, 2.05) is 0 Å². The van der Waals surface area contributed by atoms with Gasteiger partial charge in [0.25, 0.3) is 0 Å². The van der Waals surface area contributed by atoms with E-state index in [0.717, 1.165) is 25.1 Å². The summed E-state index contributed by atoms with van der Waals surface area (Å²) in [6, 6.07) is 1.03. The van der Waals surface area contributed by atoms with Crippen LogP contribution >= 0.6 is 0 Å². The molecule has 1 aromatic heterocycles. The molecule has 19 heavy (non-hydrogen) atoms. The van der Waals surface area contributed by atoms with Crippen LogP contribution in [-0.4, -0.2) is 16.0 Å². The third kappa shape index (κ3) is 3.36. The van der Waals surface area contributed by atoms with E-state index in [1.54, 1.807) is 0 Å². The third-order valence-corrected chi connectivity index (χ3v) is 3.97. The second-order valence-electron chi connectivity index (χ2n) is 5.28. The molecule has 1 fully saturated rings. The lowest BCUT2D eigenvalue weighted by Gasteiger charge is -2.34. The average molecular weight is 273 g/mol. The lowest BCUT2D eigenvalue weighted by Crippen LogP contribution is -2.35. The van der Waals surface area contributed by atoms with Crippen molar-refractivity contribution >= 4 is 5.95 Å². The predicted molar refractivity (Wildman–Crippen MR) is 66.6 cm³/mol. The summed E-state index contributed by atoms with van der Waals surface area (Å²) >= 11 is 0. The smallest absolute Gasteiger partial charge is 0.351 e. The van der Waals surface area contributed by atoms with Crippen molar-refractivity contribution in [1.29, 1.82) is 0 Å². The molecule has 1 saturated carbocycles. The van der Waals surface area contributed by atoms with Crippen LogP contribution in [0.2, 0.25) is 0 Å². The van der Waals surface area contributed by atoms with Gasteiger partial charge >= 0.3 is 6.18 Å². The first-order chi connectivity index (χ1) is 8.88. The summed E-state index contributed by atoms with van der Waals surface area (Å²) in [7, 11) is 0. The van der Waals surface area contributed by atoms with Gasteiger partial charge in [-0.05, 0) is 24.3 Å². The quantitative estimate of drug-likeness (QED) is 0.892. The lowest BCUT2D eigenvalue weighted by molar-refractivity contribution is -0.141. The van der Waals surface area contributed by atoms with Crippen molar-refractivity contribution in [2.75, 3.05) is 5.32 Å². The highest BCUT2D eigenvalue weighted by atomic mass is 19.4. The number of nitrogens with one attached hydrogen (secondary N) is 1.